The summed E-state index contributed by atoms with van der Waals surface area (Å²) >= 11 is 0. The van der Waals surface area contributed by atoms with Gasteiger partial charge >= 0.3 is 6.18 Å². The first-order valence-corrected chi connectivity index (χ1v) is 9.10. The van der Waals surface area contributed by atoms with Gasteiger partial charge in [0.15, 0.2) is 6.10 Å². The van der Waals surface area contributed by atoms with Crippen molar-refractivity contribution >= 4 is 17.5 Å². The van der Waals surface area contributed by atoms with Gasteiger partial charge in [0.2, 0.25) is 5.91 Å². The lowest BCUT2D eigenvalue weighted by atomic mass is 10.1. The highest BCUT2D eigenvalue weighted by molar-refractivity contribution is 5.95. The van der Waals surface area contributed by atoms with Crippen LogP contribution in [0.25, 0.3) is 0 Å². The molecule has 0 heterocycles. The van der Waals surface area contributed by atoms with Gasteiger partial charge in [-0.2, -0.15) is 13.2 Å². The second-order valence-electron chi connectivity index (χ2n) is 6.52. The molecule has 0 saturated carbocycles. The zero-order chi connectivity index (χ0) is 21.6. The number of para-hydroxylation sites is 1. The standard InChI is InChI=1S/C21H23F3N2O3/c1-4-26(20(28)15(3)29-16-9-7-8-14(2)12-16)13-19(27)25-18-11-6-5-10-17(18)21(22,23)24/h5-12,15H,4,13H2,1-3H3,(H,25,27)/t15-/m0/s1. The van der Waals surface area contributed by atoms with E-state index in [1.807, 2.05) is 13.0 Å². The van der Waals surface area contributed by atoms with E-state index in [-0.39, 0.29) is 18.8 Å². The maximum absolute atomic E-state index is 13.1. The Hall–Kier alpha value is -3.03. The van der Waals surface area contributed by atoms with E-state index < -0.39 is 29.7 Å². The molecule has 0 aromatic heterocycles. The summed E-state index contributed by atoms with van der Waals surface area (Å²) in [6, 6.07) is 11.9. The maximum Gasteiger partial charge on any atom is 0.418 e. The van der Waals surface area contributed by atoms with Gasteiger partial charge in [-0.05, 0) is 50.6 Å². The first-order valence-electron chi connectivity index (χ1n) is 9.10. The molecule has 8 heteroatoms. The number of alkyl halides is 3. The summed E-state index contributed by atoms with van der Waals surface area (Å²) in [4.78, 5) is 26.1. The molecule has 2 rings (SSSR count). The highest BCUT2D eigenvalue weighted by Gasteiger charge is 2.33. The highest BCUT2D eigenvalue weighted by atomic mass is 19.4. The van der Waals surface area contributed by atoms with Crippen LogP contribution in [0.3, 0.4) is 0 Å². The largest absolute Gasteiger partial charge is 0.481 e. The topological polar surface area (TPSA) is 58.6 Å². The van der Waals surface area contributed by atoms with Crippen molar-refractivity contribution in [3.63, 3.8) is 0 Å². The molecule has 2 amide bonds. The van der Waals surface area contributed by atoms with Crippen molar-refractivity contribution in [2.45, 2.75) is 33.1 Å². The minimum atomic E-state index is -4.60. The van der Waals surface area contributed by atoms with Crippen molar-refractivity contribution < 1.29 is 27.5 Å². The van der Waals surface area contributed by atoms with Gasteiger partial charge in [0.05, 0.1) is 17.8 Å². The molecule has 2 aromatic rings. The van der Waals surface area contributed by atoms with E-state index in [1.165, 1.54) is 23.1 Å². The average molecular weight is 408 g/mol. The zero-order valence-corrected chi connectivity index (χ0v) is 16.4. The number of carbonyl (C=O) groups excluding carboxylic acids is 2. The number of carbonyl (C=O) groups is 2. The molecule has 1 N–H and O–H groups in total. The number of aryl methyl sites for hydroxylation is 1. The van der Waals surface area contributed by atoms with Crippen molar-refractivity contribution in [1.29, 1.82) is 0 Å². The van der Waals surface area contributed by atoms with Gasteiger partial charge in [0, 0.05) is 6.54 Å². The van der Waals surface area contributed by atoms with Crippen LogP contribution < -0.4 is 10.1 Å². The molecule has 5 nitrogen and oxygen atoms in total. The van der Waals surface area contributed by atoms with Gasteiger partial charge in [-0.1, -0.05) is 24.3 Å². The number of nitrogens with one attached hydrogen (secondary N) is 1. The first kappa shape index (κ1) is 22.3. The Balaban J connectivity index is 2.03. The second-order valence-corrected chi connectivity index (χ2v) is 6.52. The van der Waals surface area contributed by atoms with Crippen LogP contribution in [-0.2, 0) is 15.8 Å². The fraction of sp³-hybridized carbons (Fsp3) is 0.333. The summed E-state index contributed by atoms with van der Waals surface area (Å²) < 4.78 is 44.8. The average Bonchev–Trinajstić information content (AvgIpc) is 2.65. The van der Waals surface area contributed by atoms with Crippen molar-refractivity contribution in [2.24, 2.45) is 0 Å². The Labute approximate surface area is 167 Å². The summed E-state index contributed by atoms with van der Waals surface area (Å²) in [5.41, 5.74) is -0.325. The molecule has 0 aliphatic heterocycles. The van der Waals surface area contributed by atoms with Crippen molar-refractivity contribution in [1.82, 2.24) is 4.90 Å². The van der Waals surface area contributed by atoms with Gasteiger partial charge in [-0.25, -0.2) is 0 Å². The minimum Gasteiger partial charge on any atom is -0.481 e. The van der Waals surface area contributed by atoms with Crippen LogP contribution in [0.5, 0.6) is 5.75 Å². The molecule has 156 valence electrons. The van der Waals surface area contributed by atoms with E-state index in [1.54, 1.807) is 32.0 Å². The lowest BCUT2D eigenvalue weighted by molar-refractivity contribution is -0.140. The van der Waals surface area contributed by atoms with Crippen LogP contribution in [0.4, 0.5) is 18.9 Å². The third-order valence-corrected chi connectivity index (χ3v) is 4.18. The van der Waals surface area contributed by atoms with Crippen LogP contribution in [-0.4, -0.2) is 35.9 Å². The Kier molecular flexibility index (Phi) is 7.25. The lowest BCUT2D eigenvalue weighted by Gasteiger charge is -2.24. The van der Waals surface area contributed by atoms with Crippen LogP contribution in [0.15, 0.2) is 48.5 Å². The number of benzene rings is 2. The third-order valence-electron chi connectivity index (χ3n) is 4.18. The summed E-state index contributed by atoms with van der Waals surface area (Å²) in [6.45, 7) is 4.94. The molecular formula is C21H23F3N2O3. The molecule has 0 radical (unpaired) electrons. The van der Waals surface area contributed by atoms with E-state index in [2.05, 4.69) is 5.32 Å². The molecular weight excluding hydrogens is 385 g/mol. The maximum atomic E-state index is 13.1. The summed E-state index contributed by atoms with van der Waals surface area (Å²) in [7, 11) is 0. The lowest BCUT2D eigenvalue weighted by Crippen LogP contribution is -2.44. The van der Waals surface area contributed by atoms with Gasteiger partial charge in [0.1, 0.15) is 5.75 Å². The molecule has 0 aliphatic carbocycles. The monoisotopic (exact) mass is 408 g/mol. The number of halogens is 3. The zero-order valence-electron chi connectivity index (χ0n) is 16.4. The quantitative estimate of drug-likeness (QED) is 0.745. The molecule has 0 saturated heterocycles. The van der Waals surface area contributed by atoms with Crippen molar-refractivity contribution in [3.8, 4) is 5.75 Å². The SMILES string of the molecule is CCN(CC(=O)Nc1ccccc1C(F)(F)F)C(=O)[C@H](C)Oc1cccc(C)c1. The number of likely N-dealkylation sites (N-methyl/N-ethyl adjacent to an activating group) is 1. The molecule has 0 unspecified atom stereocenters. The smallest absolute Gasteiger partial charge is 0.418 e. The predicted molar refractivity (Wildman–Crippen MR) is 104 cm³/mol. The van der Waals surface area contributed by atoms with Crippen LogP contribution in [0.2, 0.25) is 0 Å². The second kappa shape index (κ2) is 9.45. The molecule has 0 aliphatic rings. The van der Waals surface area contributed by atoms with Gasteiger partial charge < -0.3 is 15.0 Å². The molecule has 29 heavy (non-hydrogen) atoms. The number of ether oxygens (including phenoxy) is 1. The Morgan fingerprint density at radius 2 is 1.83 bits per heavy atom. The van der Waals surface area contributed by atoms with Crippen LogP contribution in [0.1, 0.15) is 25.0 Å². The minimum absolute atomic E-state index is 0.203. The molecule has 2 aromatic carbocycles. The van der Waals surface area contributed by atoms with E-state index in [4.69, 9.17) is 4.74 Å². The van der Waals surface area contributed by atoms with Gasteiger partial charge in [-0.3, -0.25) is 9.59 Å². The van der Waals surface area contributed by atoms with E-state index >= 15 is 0 Å². The van der Waals surface area contributed by atoms with E-state index in [0.717, 1.165) is 11.6 Å². The number of rotatable bonds is 7. The van der Waals surface area contributed by atoms with Crippen LogP contribution >= 0.6 is 0 Å². The Morgan fingerprint density at radius 3 is 2.45 bits per heavy atom. The molecule has 0 bridgehead atoms. The summed E-state index contributed by atoms with van der Waals surface area (Å²) in [5, 5.41) is 2.24. The number of nitrogens with zero attached hydrogens (tertiary/aromatic N) is 1. The fourth-order valence-corrected chi connectivity index (χ4v) is 2.75. The summed E-state index contributed by atoms with van der Waals surface area (Å²) in [6.07, 6.45) is -5.45. The van der Waals surface area contributed by atoms with E-state index in [9.17, 15) is 22.8 Å². The number of hydrogen-bond donors (Lipinski definition) is 1. The van der Waals surface area contributed by atoms with Crippen LogP contribution in [0, 0.1) is 6.92 Å². The van der Waals surface area contributed by atoms with Crippen molar-refractivity contribution in [3.05, 3.63) is 59.7 Å². The first-order chi connectivity index (χ1) is 13.6. The number of amides is 2. The third kappa shape index (κ3) is 6.23. The summed E-state index contributed by atoms with van der Waals surface area (Å²) in [5.74, 6) is -0.640. The van der Waals surface area contributed by atoms with Crippen molar-refractivity contribution in [2.75, 3.05) is 18.4 Å². The van der Waals surface area contributed by atoms with E-state index in [0.29, 0.717) is 5.75 Å². The molecule has 0 spiro atoms. The van der Waals surface area contributed by atoms with Gasteiger partial charge in [0.25, 0.3) is 5.91 Å². The molecule has 1 atom stereocenters. The Morgan fingerprint density at radius 1 is 1.14 bits per heavy atom. The number of hydrogen-bond acceptors (Lipinski definition) is 3. The number of anilines is 1. The van der Waals surface area contributed by atoms with Gasteiger partial charge in [-0.15, -0.1) is 0 Å². The predicted octanol–water partition coefficient (Wildman–Crippen LogP) is 4.27. The fourth-order valence-electron chi connectivity index (χ4n) is 2.75. The normalized spacial score (nSPS) is 12.2. The molecule has 0 fully saturated rings. The Bertz CT molecular complexity index is 868. The highest BCUT2D eigenvalue weighted by Crippen LogP contribution is 2.34.